The fourth-order valence-electron chi connectivity index (χ4n) is 2.92. The van der Waals surface area contributed by atoms with E-state index in [-0.39, 0.29) is 5.91 Å². The summed E-state index contributed by atoms with van der Waals surface area (Å²) in [5.74, 6) is -0.0943. The number of rotatable bonds is 4. The Kier molecular flexibility index (Phi) is 4.99. The molecule has 4 heteroatoms. The molecule has 1 fully saturated rings. The van der Waals surface area contributed by atoms with Gasteiger partial charge in [0.05, 0.1) is 0 Å². The van der Waals surface area contributed by atoms with Crippen LogP contribution in [0.15, 0.2) is 42.5 Å². The molecule has 0 atom stereocenters. The smallest absolute Gasteiger partial charge is 0.255 e. The fourth-order valence-corrected chi connectivity index (χ4v) is 3.15. The normalized spacial score (nSPS) is 14.9. The lowest BCUT2D eigenvalue weighted by Gasteiger charge is -2.14. The molecule has 3 rings (SSSR count). The van der Waals surface area contributed by atoms with Crippen molar-refractivity contribution < 1.29 is 4.79 Å². The number of likely N-dealkylation sites (tertiary alicyclic amines) is 1. The maximum atomic E-state index is 12.4. The minimum absolute atomic E-state index is 0.0943. The number of nitrogens with zero attached hydrogens (tertiary/aromatic N) is 1. The summed E-state index contributed by atoms with van der Waals surface area (Å²) < 4.78 is 0. The van der Waals surface area contributed by atoms with E-state index in [9.17, 15) is 4.79 Å². The van der Waals surface area contributed by atoms with E-state index in [1.165, 1.54) is 31.5 Å². The predicted octanol–water partition coefficient (Wildman–Crippen LogP) is 4.50. The zero-order chi connectivity index (χ0) is 16.2. The molecule has 120 valence electrons. The Bertz CT molecular complexity index is 691. The molecule has 23 heavy (non-hydrogen) atoms. The molecule has 1 aliphatic rings. The number of aryl methyl sites for hydroxylation is 1. The van der Waals surface area contributed by atoms with Crippen LogP contribution in [0, 0.1) is 6.92 Å². The number of carbonyl (C=O) groups is 1. The van der Waals surface area contributed by atoms with Gasteiger partial charge in [0.1, 0.15) is 0 Å². The van der Waals surface area contributed by atoms with Crippen molar-refractivity contribution in [2.45, 2.75) is 26.3 Å². The number of anilines is 1. The van der Waals surface area contributed by atoms with Gasteiger partial charge in [0, 0.05) is 22.8 Å². The van der Waals surface area contributed by atoms with Gasteiger partial charge in [-0.2, -0.15) is 0 Å². The second-order valence-electron chi connectivity index (χ2n) is 6.09. The molecule has 0 aliphatic carbocycles. The molecular formula is C19H21ClN2O. The van der Waals surface area contributed by atoms with E-state index in [2.05, 4.69) is 10.2 Å². The Labute approximate surface area is 142 Å². The van der Waals surface area contributed by atoms with E-state index in [0.717, 1.165) is 17.8 Å². The molecule has 1 N–H and O–H groups in total. The van der Waals surface area contributed by atoms with Crippen LogP contribution in [-0.2, 0) is 6.54 Å². The van der Waals surface area contributed by atoms with Gasteiger partial charge in [0.15, 0.2) is 0 Å². The largest absolute Gasteiger partial charge is 0.322 e. The highest BCUT2D eigenvalue weighted by molar-refractivity contribution is 6.30. The van der Waals surface area contributed by atoms with E-state index in [0.29, 0.717) is 10.6 Å². The first-order valence-electron chi connectivity index (χ1n) is 8.00. The fraction of sp³-hybridized carbons (Fsp3) is 0.316. The third kappa shape index (κ3) is 4.12. The lowest BCUT2D eigenvalue weighted by atomic mass is 10.1. The Morgan fingerprint density at radius 3 is 2.48 bits per heavy atom. The minimum atomic E-state index is -0.0943. The Morgan fingerprint density at radius 1 is 1.13 bits per heavy atom. The summed E-state index contributed by atoms with van der Waals surface area (Å²) >= 11 is 5.94. The maximum absolute atomic E-state index is 12.4. The second-order valence-corrected chi connectivity index (χ2v) is 6.53. The van der Waals surface area contributed by atoms with Crippen LogP contribution >= 0.6 is 11.6 Å². The van der Waals surface area contributed by atoms with Crippen molar-refractivity contribution in [3.8, 4) is 0 Å². The van der Waals surface area contributed by atoms with Gasteiger partial charge in [-0.3, -0.25) is 9.69 Å². The molecule has 0 spiro atoms. The Hall–Kier alpha value is -1.84. The number of nitrogens with one attached hydrogen (secondary N) is 1. The highest BCUT2D eigenvalue weighted by Crippen LogP contribution is 2.20. The number of hydrogen-bond acceptors (Lipinski definition) is 2. The summed E-state index contributed by atoms with van der Waals surface area (Å²) in [6, 6.07) is 13.3. The molecule has 0 aromatic heterocycles. The van der Waals surface area contributed by atoms with Gasteiger partial charge in [0.25, 0.3) is 5.91 Å². The van der Waals surface area contributed by atoms with Gasteiger partial charge in [-0.25, -0.2) is 0 Å². The van der Waals surface area contributed by atoms with Crippen LogP contribution < -0.4 is 5.32 Å². The zero-order valence-corrected chi connectivity index (χ0v) is 14.1. The standard InChI is InChI=1S/C19H21ClN2O/c1-14-12-17(20)8-9-18(14)21-19(23)16-6-4-15(5-7-16)13-22-10-2-3-11-22/h4-9,12H,2-3,10-11,13H2,1H3,(H,21,23). The molecule has 0 unspecified atom stereocenters. The second kappa shape index (κ2) is 7.16. The van der Waals surface area contributed by atoms with Crippen molar-refractivity contribution in [2.75, 3.05) is 18.4 Å². The zero-order valence-electron chi connectivity index (χ0n) is 13.3. The number of carbonyl (C=O) groups excluding carboxylic acids is 1. The monoisotopic (exact) mass is 328 g/mol. The molecule has 3 nitrogen and oxygen atoms in total. The number of amides is 1. The molecule has 0 bridgehead atoms. The Balaban J connectivity index is 1.65. The van der Waals surface area contributed by atoms with Crippen LogP contribution in [0.2, 0.25) is 5.02 Å². The average Bonchev–Trinajstić information content (AvgIpc) is 3.04. The van der Waals surface area contributed by atoms with Gasteiger partial charge < -0.3 is 5.32 Å². The minimum Gasteiger partial charge on any atom is -0.322 e. The Morgan fingerprint density at radius 2 is 1.83 bits per heavy atom. The van der Waals surface area contributed by atoms with Gasteiger partial charge >= 0.3 is 0 Å². The van der Waals surface area contributed by atoms with Crippen molar-refractivity contribution >= 4 is 23.2 Å². The molecule has 2 aromatic rings. The first-order chi connectivity index (χ1) is 11.1. The highest BCUT2D eigenvalue weighted by Gasteiger charge is 2.12. The molecule has 1 heterocycles. The molecule has 1 saturated heterocycles. The predicted molar refractivity (Wildman–Crippen MR) is 95.1 cm³/mol. The van der Waals surface area contributed by atoms with Crippen LogP contribution in [-0.4, -0.2) is 23.9 Å². The summed E-state index contributed by atoms with van der Waals surface area (Å²) in [5, 5.41) is 3.61. The molecule has 1 amide bonds. The van der Waals surface area contributed by atoms with Crippen molar-refractivity contribution in [3.05, 3.63) is 64.2 Å². The third-order valence-electron chi connectivity index (χ3n) is 4.26. The SMILES string of the molecule is Cc1cc(Cl)ccc1NC(=O)c1ccc(CN2CCCC2)cc1. The van der Waals surface area contributed by atoms with Crippen LogP contribution in [0.4, 0.5) is 5.69 Å². The van der Waals surface area contributed by atoms with Crippen molar-refractivity contribution in [1.29, 1.82) is 0 Å². The maximum Gasteiger partial charge on any atom is 0.255 e. The van der Waals surface area contributed by atoms with Gasteiger partial charge in [-0.15, -0.1) is 0 Å². The molecule has 1 aliphatic heterocycles. The molecular weight excluding hydrogens is 308 g/mol. The van der Waals surface area contributed by atoms with E-state index < -0.39 is 0 Å². The summed E-state index contributed by atoms with van der Waals surface area (Å²) in [7, 11) is 0. The molecule has 0 saturated carbocycles. The first kappa shape index (κ1) is 16.0. The molecule has 2 aromatic carbocycles. The highest BCUT2D eigenvalue weighted by atomic mass is 35.5. The number of halogens is 1. The van der Waals surface area contributed by atoms with Crippen molar-refractivity contribution in [1.82, 2.24) is 4.90 Å². The van der Waals surface area contributed by atoms with E-state index >= 15 is 0 Å². The van der Waals surface area contributed by atoms with E-state index in [1.807, 2.05) is 43.3 Å². The number of benzene rings is 2. The average molecular weight is 329 g/mol. The van der Waals surface area contributed by atoms with Gasteiger partial charge in [-0.1, -0.05) is 23.7 Å². The first-order valence-corrected chi connectivity index (χ1v) is 8.38. The van der Waals surface area contributed by atoms with Crippen LogP contribution in [0.25, 0.3) is 0 Å². The summed E-state index contributed by atoms with van der Waals surface area (Å²) in [4.78, 5) is 14.8. The van der Waals surface area contributed by atoms with Crippen molar-refractivity contribution in [2.24, 2.45) is 0 Å². The summed E-state index contributed by atoms with van der Waals surface area (Å²) in [6.45, 7) is 5.26. The van der Waals surface area contributed by atoms with Gasteiger partial charge in [0.2, 0.25) is 0 Å². The van der Waals surface area contributed by atoms with Gasteiger partial charge in [-0.05, 0) is 74.3 Å². The molecule has 0 radical (unpaired) electrons. The van der Waals surface area contributed by atoms with Crippen LogP contribution in [0.3, 0.4) is 0 Å². The van der Waals surface area contributed by atoms with E-state index in [4.69, 9.17) is 11.6 Å². The van der Waals surface area contributed by atoms with Crippen LogP contribution in [0.1, 0.15) is 34.3 Å². The lowest BCUT2D eigenvalue weighted by molar-refractivity contribution is 0.102. The summed E-state index contributed by atoms with van der Waals surface area (Å²) in [6.07, 6.45) is 2.59. The lowest BCUT2D eigenvalue weighted by Crippen LogP contribution is -2.18. The van der Waals surface area contributed by atoms with Crippen LogP contribution in [0.5, 0.6) is 0 Å². The topological polar surface area (TPSA) is 32.3 Å². The third-order valence-corrected chi connectivity index (χ3v) is 4.49. The summed E-state index contributed by atoms with van der Waals surface area (Å²) in [5.41, 5.74) is 3.67. The van der Waals surface area contributed by atoms with Crippen molar-refractivity contribution in [3.63, 3.8) is 0 Å². The quantitative estimate of drug-likeness (QED) is 0.896. The van der Waals surface area contributed by atoms with E-state index in [1.54, 1.807) is 6.07 Å². The number of hydrogen-bond donors (Lipinski definition) is 1.